The Morgan fingerprint density at radius 3 is 2.43 bits per heavy atom. The SMILES string of the molecule is O=C(NN=Cc1cc(Cl)c(O)cc1Cl)c1ccc(O)cc1. The van der Waals surface area contributed by atoms with Crippen molar-refractivity contribution in [3.05, 3.63) is 57.6 Å². The normalized spacial score (nSPS) is 10.8. The van der Waals surface area contributed by atoms with E-state index in [9.17, 15) is 9.90 Å². The summed E-state index contributed by atoms with van der Waals surface area (Å²) in [5.41, 5.74) is 3.11. The van der Waals surface area contributed by atoms with Crippen LogP contribution < -0.4 is 5.43 Å². The summed E-state index contributed by atoms with van der Waals surface area (Å²) in [5, 5.41) is 22.6. The predicted octanol–water partition coefficient (Wildman–Crippen LogP) is 3.17. The van der Waals surface area contributed by atoms with E-state index in [4.69, 9.17) is 28.3 Å². The van der Waals surface area contributed by atoms with Crippen LogP contribution in [0.3, 0.4) is 0 Å². The number of nitrogens with one attached hydrogen (secondary N) is 1. The molecule has 2 aromatic carbocycles. The van der Waals surface area contributed by atoms with Crippen molar-refractivity contribution < 1.29 is 15.0 Å². The first-order valence-electron chi connectivity index (χ1n) is 5.78. The molecule has 0 aliphatic heterocycles. The van der Waals surface area contributed by atoms with Crippen LogP contribution in [0.15, 0.2) is 41.5 Å². The van der Waals surface area contributed by atoms with Crippen LogP contribution in [0.1, 0.15) is 15.9 Å². The Labute approximate surface area is 130 Å². The van der Waals surface area contributed by atoms with Crippen molar-refractivity contribution in [3.8, 4) is 11.5 Å². The van der Waals surface area contributed by atoms with Crippen molar-refractivity contribution in [2.45, 2.75) is 0 Å². The predicted molar refractivity (Wildman–Crippen MR) is 81.3 cm³/mol. The lowest BCUT2D eigenvalue weighted by Crippen LogP contribution is -2.17. The van der Waals surface area contributed by atoms with Gasteiger partial charge in [0.25, 0.3) is 5.91 Å². The Kier molecular flexibility index (Phi) is 4.67. The van der Waals surface area contributed by atoms with Gasteiger partial charge in [-0.05, 0) is 30.3 Å². The number of phenolic OH excluding ortho intramolecular Hbond substituents is 2. The standard InChI is InChI=1S/C14H10Cl2N2O3/c15-11-6-13(20)12(16)5-9(11)7-17-18-14(21)8-1-3-10(19)4-2-8/h1-7,19-20H,(H,18,21). The van der Waals surface area contributed by atoms with Gasteiger partial charge >= 0.3 is 0 Å². The maximum atomic E-state index is 11.7. The molecular weight excluding hydrogens is 315 g/mol. The molecule has 0 fully saturated rings. The van der Waals surface area contributed by atoms with Crippen LogP contribution in [0, 0.1) is 0 Å². The number of phenols is 2. The highest BCUT2D eigenvalue weighted by molar-refractivity contribution is 6.36. The van der Waals surface area contributed by atoms with Crippen LogP contribution >= 0.6 is 23.2 Å². The Bertz CT molecular complexity index is 700. The molecule has 3 N–H and O–H groups in total. The van der Waals surface area contributed by atoms with Crippen LogP contribution in [0.4, 0.5) is 0 Å². The largest absolute Gasteiger partial charge is 0.508 e. The summed E-state index contributed by atoms with van der Waals surface area (Å²) in [7, 11) is 0. The molecule has 2 aromatic rings. The fraction of sp³-hybridized carbons (Fsp3) is 0. The summed E-state index contributed by atoms with van der Waals surface area (Å²) >= 11 is 11.7. The van der Waals surface area contributed by atoms with Gasteiger partial charge in [-0.2, -0.15) is 5.10 Å². The summed E-state index contributed by atoms with van der Waals surface area (Å²) in [6.45, 7) is 0. The molecule has 0 saturated heterocycles. The maximum Gasteiger partial charge on any atom is 0.271 e. The van der Waals surface area contributed by atoms with Crippen molar-refractivity contribution >= 4 is 35.3 Å². The van der Waals surface area contributed by atoms with Gasteiger partial charge in [0, 0.05) is 17.2 Å². The highest BCUT2D eigenvalue weighted by Gasteiger charge is 2.06. The second-order valence-corrected chi connectivity index (χ2v) is 4.89. The number of nitrogens with zero attached hydrogens (tertiary/aromatic N) is 1. The first kappa shape index (κ1) is 15.2. The van der Waals surface area contributed by atoms with Crippen LogP contribution in [0.5, 0.6) is 11.5 Å². The zero-order chi connectivity index (χ0) is 15.4. The van der Waals surface area contributed by atoms with E-state index in [0.29, 0.717) is 11.1 Å². The molecule has 2 rings (SSSR count). The number of hydrazone groups is 1. The molecule has 0 radical (unpaired) electrons. The molecule has 7 heteroatoms. The third-order valence-electron chi connectivity index (χ3n) is 2.57. The smallest absolute Gasteiger partial charge is 0.271 e. The molecular formula is C14H10Cl2N2O3. The third kappa shape index (κ3) is 3.87. The second-order valence-electron chi connectivity index (χ2n) is 4.07. The Balaban J connectivity index is 2.07. The first-order valence-corrected chi connectivity index (χ1v) is 6.53. The Morgan fingerprint density at radius 2 is 1.76 bits per heavy atom. The molecule has 21 heavy (non-hydrogen) atoms. The molecule has 0 heterocycles. The minimum absolute atomic E-state index is 0.0700. The molecule has 108 valence electrons. The summed E-state index contributed by atoms with van der Waals surface area (Å²) in [5.74, 6) is -0.500. The fourth-order valence-electron chi connectivity index (χ4n) is 1.49. The number of hydrogen-bond donors (Lipinski definition) is 3. The Morgan fingerprint density at radius 1 is 1.10 bits per heavy atom. The number of amides is 1. The van der Waals surface area contributed by atoms with Crippen molar-refractivity contribution in [3.63, 3.8) is 0 Å². The van der Waals surface area contributed by atoms with E-state index in [-0.39, 0.29) is 21.5 Å². The maximum absolute atomic E-state index is 11.7. The lowest BCUT2D eigenvalue weighted by Gasteiger charge is -2.02. The quantitative estimate of drug-likeness (QED) is 0.599. The minimum atomic E-state index is -0.438. The number of carbonyl (C=O) groups excluding carboxylic acids is 1. The van der Waals surface area contributed by atoms with Gasteiger partial charge in [-0.1, -0.05) is 23.2 Å². The topological polar surface area (TPSA) is 81.9 Å². The molecule has 0 aliphatic carbocycles. The van der Waals surface area contributed by atoms with E-state index < -0.39 is 5.91 Å². The Hall–Kier alpha value is -2.24. The van der Waals surface area contributed by atoms with Gasteiger partial charge in [-0.25, -0.2) is 5.43 Å². The van der Waals surface area contributed by atoms with Gasteiger partial charge in [0.15, 0.2) is 0 Å². The lowest BCUT2D eigenvalue weighted by molar-refractivity contribution is 0.0955. The average Bonchev–Trinajstić information content (AvgIpc) is 2.45. The van der Waals surface area contributed by atoms with Gasteiger partial charge in [0.05, 0.1) is 16.3 Å². The van der Waals surface area contributed by atoms with Gasteiger partial charge < -0.3 is 10.2 Å². The highest BCUT2D eigenvalue weighted by atomic mass is 35.5. The van der Waals surface area contributed by atoms with E-state index in [0.717, 1.165) is 0 Å². The van der Waals surface area contributed by atoms with Crippen molar-refractivity contribution in [2.75, 3.05) is 0 Å². The van der Waals surface area contributed by atoms with Gasteiger partial charge in [-0.15, -0.1) is 0 Å². The number of hydrogen-bond acceptors (Lipinski definition) is 4. The van der Waals surface area contributed by atoms with Crippen LogP contribution in [-0.2, 0) is 0 Å². The number of carbonyl (C=O) groups is 1. The van der Waals surface area contributed by atoms with Crippen LogP contribution in [-0.4, -0.2) is 22.3 Å². The van der Waals surface area contributed by atoms with Crippen molar-refractivity contribution in [1.29, 1.82) is 0 Å². The van der Waals surface area contributed by atoms with Crippen molar-refractivity contribution in [1.82, 2.24) is 5.43 Å². The van der Waals surface area contributed by atoms with E-state index in [1.165, 1.54) is 42.6 Å². The fourth-order valence-corrected chi connectivity index (χ4v) is 1.87. The van der Waals surface area contributed by atoms with Crippen LogP contribution in [0.25, 0.3) is 0 Å². The van der Waals surface area contributed by atoms with E-state index >= 15 is 0 Å². The molecule has 1 amide bonds. The summed E-state index contributed by atoms with van der Waals surface area (Å²) in [6, 6.07) is 8.43. The van der Waals surface area contributed by atoms with Crippen LogP contribution in [0.2, 0.25) is 10.0 Å². The number of aromatic hydroxyl groups is 2. The molecule has 0 saturated carbocycles. The monoisotopic (exact) mass is 324 g/mol. The molecule has 0 bridgehead atoms. The minimum Gasteiger partial charge on any atom is -0.508 e. The third-order valence-corrected chi connectivity index (χ3v) is 3.20. The zero-order valence-electron chi connectivity index (χ0n) is 10.5. The van der Waals surface area contributed by atoms with Gasteiger partial charge in [0.2, 0.25) is 0 Å². The number of halogens is 2. The molecule has 0 aromatic heterocycles. The van der Waals surface area contributed by atoms with E-state index in [1.54, 1.807) is 0 Å². The van der Waals surface area contributed by atoms with Gasteiger partial charge in [-0.3, -0.25) is 4.79 Å². The number of rotatable bonds is 3. The average molecular weight is 325 g/mol. The van der Waals surface area contributed by atoms with E-state index in [2.05, 4.69) is 10.5 Å². The number of benzene rings is 2. The van der Waals surface area contributed by atoms with Gasteiger partial charge in [0.1, 0.15) is 11.5 Å². The molecule has 5 nitrogen and oxygen atoms in total. The van der Waals surface area contributed by atoms with E-state index in [1.807, 2.05) is 0 Å². The lowest BCUT2D eigenvalue weighted by atomic mass is 10.2. The molecule has 0 spiro atoms. The molecule has 0 unspecified atom stereocenters. The van der Waals surface area contributed by atoms with Crippen molar-refractivity contribution in [2.24, 2.45) is 5.10 Å². The zero-order valence-corrected chi connectivity index (χ0v) is 12.1. The molecule has 0 aliphatic rings. The summed E-state index contributed by atoms with van der Waals surface area (Å²) in [4.78, 5) is 11.7. The summed E-state index contributed by atoms with van der Waals surface area (Å²) < 4.78 is 0. The highest BCUT2D eigenvalue weighted by Crippen LogP contribution is 2.28. The molecule has 0 atom stereocenters. The first-order chi connectivity index (χ1) is 9.97. The second kappa shape index (κ2) is 6.47. The summed E-state index contributed by atoms with van der Waals surface area (Å²) in [6.07, 6.45) is 1.31.